The number of alkyl halides is 2. The van der Waals surface area contributed by atoms with Crippen molar-refractivity contribution in [2.75, 3.05) is 44.2 Å². The molecule has 4 heterocycles. The van der Waals surface area contributed by atoms with Crippen molar-refractivity contribution in [3.8, 4) is 0 Å². The fourth-order valence-corrected chi connectivity index (χ4v) is 5.82. The van der Waals surface area contributed by atoms with E-state index in [9.17, 15) is 23.2 Å². The van der Waals surface area contributed by atoms with Crippen LogP contribution in [0.2, 0.25) is 0 Å². The Balaban J connectivity index is 1.58. The molecule has 2 fully saturated rings. The lowest BCUT2D eigenvalue weighted by molar-refractivity contribution is -0.129. The maximum absolute atomic E-state index is 14.5. The molecule has 11 heteroatoms. The van der Waals surface area contributed by atoms with Gasteiger partial charge >= 0.3 is 6.09 Å². The van der Waals surface area contributed by atoms with Crippen LogP contribution in [-0.4, -0.2) is 94.5 Å². The molecule has 0 radical (unpaired) electrons. The molecule has 0 bridgehead atoms. The molecule has 3 amide bonds. The molecule has 0 saturated carbocycles. The van der Waals surface area contributed by atoms with Gasteiger partial charge in [-0.25, -0.2) is 4.79 Å². The van der Waals surface area contributed by atoms with E-state index < -0.39 is 23.0 Å². The van der Waals surface area contributed by atoms with E-state index in [0.717, 1.165) is 12.0 Å². The van der Waals surface area contributed by atoms with Crippen LogP contribution in [0.3, 0.4) is 0 Å². The van der Waals surface area contributed by atoms with Gasteiger partial charge in [0.15, 0.2) is 0 Å². The third-order valence-electron chi connectivity index (χ3n) is 8.10. The average Bonchev–Trinajstić information content (AvgIpc) is 3.38. The Bertz CT molecular complexity index is 1150. The first-order chi connectivity index (χ1) is 18.5. The lowest BCUT2D eigenvalue weighted by Gasteiger charge is -2.46. The van der Waals surface area contributed by atoms with Gasteiger partial charge in [0.1, 0.15) is 11.3 Å². The van der Waals surface area contributed by atoms with Crippen LogP contribution in [0.4, 0.5) is 19.3 Å². The molecule has 222 valence electrons. The molecule has 0 spiro atoms. The number of aromatic nitrogens is 1. The second kappa shape index (κ2) is 10.9. The zero-order valence-electron chi connectivity index (χ0n) is 24.8. The van der Waals surface area contributed by atoms with Crippen molar-refractivity contribution in [1.29, 1.82) is 0 Å². The molecule has 3 aliphatic rings. The summed E-state index contributed by atoms with van der Waals surface area (Å²) in [5, 5.41) is 0. The van der Waals surface area contributed by atoms with Gasteiger partial charge in [-0.3, -0.25) is 19.5 Å². The molecule has 3 aliphatic heterocycles. The minimum absolute atomic E-state index is 0.0382. The zero-order chi connectivity index (χ0) is 29.6. The minimum atomic E-state index is -3.09. The van der Waals surface area contributed by atoms with Crippen molar-refractivity contribution in [1.82, 2.24) is 19.7 Å². The van der Waals surface area contributed by atoms with Gasteiger partial charge in [-0.1, -0.05) is 20.8 Å². The van der Waals surface area contributed by atoms with Crippen molar-refractivity contribution in [2.24, 2.45) is 0 Å². The lowest BCUT2D eigenvalue weighted by atomic mass is 9.88. The Hall–Kier alpha value is -2.82. The number of ether oxygens (including phenoxy) is 1. The van der Waals surface area contributed by atoms with Gasteiger partial charge in [0, 0.05) is 74.8 Å². The first kappa shape index (κ1) is 30.1. The van der Waals surface area contributed by atoms with Crippen molar-refractivity contribution < 1.29 is 27.9 Å². The van der Waals surface area contributed by atoms with Crippen molar-refractivity contribution in [3.05, 3.63) is 23.5 Å². The molecule has 4 rings (SSSR count). The second-order valence-electron chi connectivity index (χ2n) is 13.0. The topological polar surface area (TPSA) is 86.3 Å². The van der Waals surface area contributed by atoms with E-state index in [0.29, 0.717) is 44.8 Å². The molecule has 0 unspecified atom stereocenters. The summed E-state index contributed by atoms with van der Waals surface area (Å²) >= 11 is 0. The summed E-state index contributed by atoms with van der Waals surface area (Å²) in [6.45, 7) is 14.9. The number of hydrogen-bond donors (Lipinski definition) is 0. The van der Waals surface area contributed by atoms with Crippen LogP contribution in [0.1, 0.15) is 79.0 Å². The number of amides is 3. The fourth-order valence-electron chi connectivity index (χ4n) is 5.82. The van der Waals surface area contributed by atoms with E-state index in [2.05, 4.69) is 4.98 Å². The quantitative estimate of drug-likeness (QED) is 0.517. The van der Waals surface area contributed by atoms with E-state index in [1.807, 2.05) is 46.4 Å². The Labute approximate surface area is 235 Å². The van der Waals surface area contributed by atoms with Crippen LogP contribution in [0.15, 0.2) is 12.3 Å². The highest BCUT2D eigenvalue weighted by atomic mass is 19.3. The molecule has 0 aromatic carbocycles. The van der Waals surface area contributed by atoms with Crippen LogP contribution >= 0.6 is 0 Å². The summed E-state index contributed by atoms with van der Waals surface area (Å²) in [5.41, 5.74) is -0.196. The highest BCUT2D eigenvalue weighted by molar-refractivity contribution is 5.97. The van der Waals surface area contributed by atoms with Crippen LogP contribution in [0.5, 0.6) is 0 Å². The van der Waals surface area contributed by atoms with E-state index >= 15 is 0 Å². The standard InChI is InChI=1S/C29H43F2N5O4/c1-8-29(30,31)23-12-22-21(13-32-23)28(6,7)18-36(22)25(38)17-34-14-19(2)35(26(39)40-27(3,4)5)16-20(34)15-33-11-9-10-24(33)37/h12-13,19-20H,8-11,14-18H2,1-7H3/t19-,20+/m1/s1. The van der Waals surface area contributed by atoms with Gasteiger partial charge in [-0.05, 0) is 40.2 Å². The van der Waals surface area contributed by atoms with Crippen LogP contribution in [0, 0.1) is 0 Å². The lowest BCUT2D eigenvalue weighted by Crippen LogP contribution is -2.63. The monoisotopic (exact) mass is 563 g/mol. The maximum Gasteiger partial charge on any atom is 0.410 e. The minimum Gasteiger partial charge on any atom is -0.444 e. The number of carbonyl (C=O) groups excluding carboxylic acids is 3. The third kappa shape index (κ3) is 6.24. The molecule has 2 atom stereocenters. The second-order valence-corrected chi connectivity index (χ2v) is 13.0. The number of fused-ring (bicyclic) bond motifs is 1. The number of hydrogen-bond acceptors (Lipinski definition) is 6. The molecule has 2 saturated heterocycles. The van der Waals surface area contributed by atoms with E-state index in [4.69, 9.17) is 4.74 Å². The molecule has 40 heavy (non-hydrogen) atoms. The molecular formula is C29H43F2N5O4. The largest absolute Gasteiger partial charge is 0.444 e. The third-order valence-corrected chi connectivity index (χ3v) is 8.10. The van der Waals surface area contributed by atoms with Gasteiger partial charge in [-0.2, -0.15) is 8.78 Å². The molecule has 0 aliphatic carbocycles. The number of piperazine rings is 1. The van der Waals surface area contributed by atoms with E-state index in [1.54, 1.807) is 14.7 Å². The first-order valence-electron chi connectivity index (χ1n) is 14.2. The van der Waals surface area contributed by atoms with Crippen molar-refractivity contribution in [3.63, 3.8) is 0 Å². The molecular weight excluding hydrogens is 520 g/mol. The van der Waals surface area contributed by atoms with Gasteiger partial charge in [-0.15, -0.1) is 0 Å². The predicted molar refractivity (Wildman–Crippen MR) is 147 cm³/mol. The van der Waals surface area contributed by atoms with E-state index in [-0.39, 0.29) is 42.6 Å². The summed E-state index contributed by atoms with van der Waals surface area (Å²) in [6, 6.07) is 0.853. The van der Waals surface area contributed by atoms with Gasteiger partial charge in [0.25, 0.3) is 5.92 Å². The van der Waals surface area contributed by atoms with E-state index in [1.165, 1.54) is 19.2 Å². The summed E-state index contributed by atoms with van der Waals surface area (Å²) in [6.07, 6.45) is 1.96. The van der Waals surface area contributed by atoms with Crippen LogP contribution < -0.4 is 4.90 Å². The molecule has 9 nitrogen and oxygen atoms in total. The first-order valence-corrected chi connectivity index (χ1v) is 14.2. The summed E-state index contributed by atoms with van der Waals surface area (Å²) in [5.74, 6) is -3.22. The summed E-state index contributed by atoms with van der Waals surface area (Å²) in [4.78, 5) is 50.5. The molecule has 1 aromatic rings. The number of pyridine rings is 1. The predicted octanol–water partition coefficient (Wildman–Crippen LogP) is 4.14. The molecule has 1 aromatic heterocycles. The maximum atomic E-state index is 14.5. The number of nitrogens with zero attached hydrogens (tertiary/aromatic N) is 5. The van der Waals surface area contributed by atoms with Crippen LogP contribution in [-0.2, 0) is 25.7 Å². The number of anilines is 1. The smallest absolute Gasteiger partial charge is 0.410 e. The Morgan fingerprint density at radius 2 is 1.90 bits per heavy atom. The summed E-state index contributed by atoms with van der Waals surface area (Å²) in [7, 11) is 0. The number of likely N-dealkylation sites (tertiary alicyclic amines) is 1. The van der Waals surface area contributed by atoms with Crippen LogP contribution in [0.25, 0.3) is 0 Å². The fraction of sp³-hybridized carbons (Fsp3) is 0.724. The molecule has 0 N–H and O–H groups in total. The number of carbonyl (C=O) groups is 3. The zero-order valence-corrected chi connectivity index (χ0v) is 24.8. The Kier molecular flexibility index (Phi) is 8.19. The average molecular weight is 564 g/mol. The Morgan fingerprint density at radius 3 is 2.50 bits per heavy atom. The Morgan fingerprint density at radius 1 is 1.20 bits per heavy atom. The highest BCUT2D eigenvalue weighted by Crippen LogP contribution is 2.43. The van der Waals surface area contributed by atoms with Gasteiger partial charge < -0.3 is 19.4 Å². The number of halogens is 2. The highest BCUT2D eigenvalue weighted by Gasteiger charge is 2.43. The summed E-state index contributed by atoms with van der Waals surface area (Å²) < 4.78 is 34.7. The van der Waals surface area contributed by atoms with Gasteiger partial charge in [0.2, 0.25) is 11.8 Å². The van der Waals surface area contributed by atoms with Crippen molar-refractivity contribution >= 4 is 23.6 Å². The van der Waals surface area contributed by atoms with Crippen molar-refractivity contribution in [2.45, 2.75) is 96.8 Å². The van der Waals surface area contributed by atoms with Gasteiger partial charge in [0.05, 0.1) is 12.2 Å². The normalized spacial score (nSPS) is 23.5. The number of rotatable bonds is 6. The SMILES string of the molecule is CCC(F)(F)c1cc2c(cn1)C(C)(C)CN2C(=O)CN1C[C@@H](C)N(C(=O)OC(C)(C)C)C[C@@H]1CN1CCCC1=O.